The van der Waals surface area contributed by atoms with Crippen LogP contribution in [0.15, 0.2) is 0 Å². The summed E-state index contributed by atoms with van der Waals surface area (Å²) >= 11 is 0. The van der Waals surface area contributed by atoms with Gasteiger partial charge >= 0.3 is 0 Å². The Bertz CT molecular complexity index is 463. The zero-order valence-electron chi connectivity index (χ0n) is 16.5. The average Bonchev–Trinajstić information content (AvgIpc) is 2.53. The van der Waals surface area contributed by atoms with Gasteiger partial charge < -0.3 is 9.80 Å². The van der Waals surface area contributed by atoms with E-state index >= 15 is 0 Å². The second-order valence-corrected chi connectivity index (χ2v) is 9.17. The molecule has 1 heterocycles. The second-order valence-electron chi connectivity index (χ2n) is 9.17. The fourth-order valence-electron chi connectivity index (χ4n) is 5.07. The Labute approximate surface area is 148 Å². The van der Waals surface area contributed by atoms with Gasteiger partial charge in [0, 0.05) is 39.0 Å². The number of carbonyl (C=O) groups is 2. The maximum absolute atomic E-state index is 12.9. The maximum atomic E-state index is 12.9. The van der Waals surface area contributed by atoms with Crippen LogP contribution in [0.3, 0.4) is 0 Å². The highest BCUT2D eigenvalue weighted by atomic mass is 16.2. The Balaban J connectivity index is 1.95. The van der Waals surface area contributed by atoms with E-state index in [9.17, 15) is 9.59 Å². The summed E-state index contributed by atoms with van der Waals surface area (Å²) in [6, 6.07) is 0. The lowest BCUT2D eigenvalue weighted by atomic mass is 9.53. The van der Waals surface area contributed by atoms with Gasteiger partial charge in [-0.05, 0) is 42.4 Å². The lowest BCUT2D eigenvalue weighted by Crippen LogP contribution is -2.52. The molecular weight excluding hydrogens is 300 g/mol. The van der Waals surface area contributed by atoms with E-state index in [1.54, 1.807) is 6.92 Å². The molecule has 2 rings (SSSR count). The Morgan fingerprint density at radius 1 is 0.958 bits per heavy atom. The zero-order valence-corrected chi connectivity index (χ0v) is 16.5. The summed E-state index contributed by atoms with van der Waals surface area (Å²) in [5, 5.41) is 0. The fraction of sp³-hybridized carbons (Fsp3) is 0.900. The summed E-state index contributed by atoms with van der Waals surface area (Å²) in [5.41, 5.74) is 0.624. The largest absolute Gasteiger partial charge is 0.339 e. The molecule has 0 unspecified atom stereocenters. The first-order valence-electron chi connectivity index (χ1n) is 9.63. The van der Waals surface area contributed by atoms with Crippen LogP contribution >= 0.6 is 0 Å². The van der Waals surface area contributed by atoms with E-state index < -0.39 is 0 Å². The quantitative estimate of drug-likeness (QED) is 0.773. The molecular formula is C20H36N2O2. The molecule has 2 aliphatic rings. The zero-order chi connectivity index (χ0) is 18.1. The van der Waals surface area contributed by atoms with Gasteiger partial charge in [-0.25, -0.2) is 0 Å². The number of rotatable bonds is 2. The van der Waals surface area contributed by atoms with Gasteiger partial charge in [0.1, 0.15) is 0 Å². The number of piperazine rings is 1. The van der Waals surface area contributed by atoms with Crippen molar-refractivity contribution in [2.45, 2.75) is 67.2 Å². The number of carbonyl (C=O) groups excluding carboxylic acids is 2. The van der Waals surface area contributed by atoms with Crippen molar-refractivity contribution in [3.8, 4) is 0 Å². The van der Waals surface area contributed by atoms with E-state index in [0.717, 1.165) is 25.7 Å². The van der Waals surface area contributed by atoms with Gasteiger partial charge in [-0.15, -0.1) is 0 Å². The Hall–Kier alpha value is -1.06. The number of nitrogens with zero attached hydrogens (tertiary/aromatic N) is 2. The molecule has 2 fully saturated rings. The van der Waals surface area contributed by atoms with Crippen molar-refractivity contribution in [3.05, 3.63) is 0 Å². The van der Waals surface area contributed by atoms with Gasteiger partial charge in [0.05, 0.1) is 0 Å². The molecule has 0 bridgehead atoms. The van der Waals surface area contributed by atoms with Crippen LogP contribution in [0.25, 0.3) is 0 Å². The van der Waals surface area contributed by atoms with Crippen LogP contribution in [0.5, 0.6) is 0 Å². The van der Waals surface area contributed by atoms with Crippen molar-refractivity contribution in [2.24, 2.45) is 22.7 Å². The molecule has 0 aromatic heterocycles. The molecule has 4 heteroatoms. The van der Waals surface area contributed by atoms with E-state index in [4.69, 9.17) is 0 Å². The van der Waals surface area contributed by atoms with Crippen LogP contribution in [0.4, 0.5) is 0 Å². The van der Waals surface area contributed by atoms with Gasteiger partial charge in [-0.3, -0.25) is 9.59 Å². The summed E-state index contributed by atoms with van der Waals surface area (Å²) in [4.78, 5) is 28.1. The number of hydrogen-bond donors (Lipinski definition) is 0. The van der Waals surface area contributed by atoms with E-state index in [2.05, 4.69) is 34.6 Å². The molecule has 1 saturated carbocycles. The minimum atomic E-state index is 0.117. The van der Waals surface area contributed by atoms with Crippen molar-refractivity contribution in [1.82, 2.24) is 9.80 Å². The van der Waals surface area contributed by atoms with Crippen LogP contribution in [0.1, 0.15) is 67.2 Å². The number of amides is 2. The number of hydrogen-bond acceptors (Lipinski definition) is 2. The van der Waals surface area contributed by atoms with Crippen LogP contribution in [-0.2, 0) is 9.59 Å². The van der Waals surface area contributed by atoms with Crippen molar-refractivity contribution in [1.29, 1.82) is 0 Å². The van der Waals surface area contributed by atoms with Gasteiger partial charge in [0.15, 0.2) is 0 Å². The van der Waals surface area contributed by atoms with E-state index in [0.29, 0.717) is 43.4 Å². The topological polar surface area (TPSA) is 40.6 Å². The lowest BCUT2D eigenvalue weighted by molar-refractivity contribution is -0.144. The molecule has 0 spiro atoms. The van der Waals surface area contributed by atoms with Crippen LogP contribution in [-0.4, -0.2) is 47.8 Å². The van der Waals surface area contributed by atoms with Gasteiger partial charge in [-0.1, -0.05) is 34.6 Å². The lowest BCUT2D eigenvalue weighted by Gasteiger charge is -2.52. The van der Waals surface area contributed by atoms with Crippen LogP contribution in [0.2, 0.25) is 0 Å². The predicted molar refractivity (Wildman–Crippen MR) is 97.5 cm³/mol. The molecule has 4 nitrogen and oxygen atoms in total. The monoisotopic (exact) mass is 336 g/mol. The third kappa shape index (κ3) is 3.62. The molecule has 0 aromatic carbocycles. The third-order valence-corrected chi connectivity index (χ3v) is 6.86. The van der Waals surface area contributed by atoms with Crippen LogP contribution in [0, 0.1) is 22.7 Å². The predicted octanol–water partition coefficient (Wildman–Crippen LogP) is 3.56. The van der Waals surface area contributed by atoms with Crippen molar-refractivity contribution in [2.75, 3.05) is 26.2 Å². The second kappa shape index (κ2) is 7.05. The molecule has 1 aliphatic carbocycles. The smallest absolute Gasteiger partial charge is 0.225 e. The molecule has 0 atom stereocenters. The van der Waals surface area contributed by atoms with Crippen LogP contribution < -0.4 is 0 Å². The first kappa shape index (κ1) is 19.3. The first-order valence-corrected chi connectivity index (χ1v) is 9.63. The Morgan fingerprint density at radius 2 is 1.42 bits per heavy atom. The molecule has 1 aliphatic heterocycles. The maximum Gasteiger partial charge on any atom is 0.225 e. The SMILES string of the molecule is CC(=O)N1CCN(C(=O)C2CCC(C(C)C)(C(C)(C)C)CC2)CC1. The van der Waals surface area contributed by atoms with E-state index in [1.165, 1.54) is 0 Å². The highest BCUT2D eigenvalue weighted by Crippen LogP contribution is 2.55. The Kier molecular flexibility index (Phi) is 5.66. The summed E-state index contributed by atoms with van der Waals surface area (Å²) in [5.74, 6) is 1.27. The first-order chi connectivity index (χ1) is 11.1. The van der Waals surface area contributed by atoms with Gasteiger partial charge in [0.25, 0.3) is 0 Å². The third-order valence-electron chi connectivity index (χ3n) is 6.86. The minimum Gasteiger partial charge on any atom is -0.339 e. The van der Waals surface area contributed by atoms with E-state index in [1.807, 2.05) is 9.80 Å². The molecule has 0 aromatic rings. The van der Waals surface area contributed by atoms with Crippen molar-refractivity contribution in [3.63, 3.8) is 0 Å². The highest BCUT2D eigenvalue weighted by molar-refractivity contribution is 5.79. The molecule has 2 amide bonds. The van der Waals surface area contributed by atoms with Crippen molar-refractivity contribution < 1.29 is 9.59 Å². The minimum absolute atomic E-state index is 0.117. The highest BCUT2D eigenvalue weighted by Gasteiger charge is 2.47. The Morgan fingerprint density at radius 3 is 1.79 bits per heavy atom. The summed E-state index contributed by atoms with van der Waals surface area (Å²) < 4.78 is 0. The molecule has 0 radical (unpaired) electrons. The molecule has 138 valence electrons. The van der Waals surface area contributed by atoms with E-state index in [-0.39, 0.29) is 17.2 Å². The normalized spacial score (nSPS) is 29.0. The van der Waals surface area contributed by atoms with Gasteiger partial charge in [-0.2, -0.15) is 0 Å². The standard InChI is InChI=1S/C20H36N2O2/c1-15(2)20(19(4,5)6)9-7-17(8-10-20)18(24)22-13-11-21(12-14-22)16(3)23/h15,17H,7-14H2,1-6H3. The molecule has 0 N–H and O–H groups in total. The summed E-state index contributed by atoms with van der Waals surface area (Å²) in [6.07, 6.45) is 4.33. The van der Waals surface area contributed by atoms with Crippen molar-refractivity contribution >= 4 is 11.8 Å². The molecule has 1 saturated heterocycles. The summed E-state index contributed by atoms with van der Waals surface area (Å²) in [7, 11) is 0. The average molecular weight is 337 g/mol. The van der Waals surface area contributed by atoms with Gasteiger partial charge in [0.2, 0.25) is 11.8 Å². The summed E-state index contributed by atoms with van der Waals surface area (Å²) in [6.45, 7) is 16.1. The fourth-order valence-corrected chi connectivity index (χ4v) is 5.07. The molecule has 24 heavy (non-hydrogen) atoms.